The van der Waals surface area contributed by atoms with Crippen molar-refractivity contribution in [2.75, 3.05) is 25.5 Å². The number of nitrogens with zero attached hydrogens (tertiary/aromatic N) is 1. The Morgan fingerprint density at radius 1 is 1.58 bits per heavy atom. The lowest BCUT2D eigenvalue weighted by Crippen LogP contribution is -2.33. The summed E-state index contributed by atoms with van der Waals surface area (Å²) in [7, 11) is 1.82. The van der Waals surface area contributed by atoms with Gasteiger partial charge < -0.3 is 15.4 Å². The number of carbonyl (C=O) groups excluding carboxylic acids is 1. The summed E-state index contributed by atoms with van der Waals surface area (Å²) in [6.07, 6.45) is 3.92. The van der Waals surface area contributed by atoms with Crippen molar-refractivity contribution >= 4 is 11.6 Å². The highest BCUT2D eigenvalue weighted by atomic mass is 16.5. The summed E-state index contributed by atoms with van der Waals surface area (Å²) < 4.78 is 5.61. The number of amides is 1. The predicted octanol–water partition coefficient (Wildman–Crippen LogP) is 1.67. The number of hydrogen-bond acceptors (Lipinski definition) is 4. The Hall–Kier alpha value is -1.62. The van der Waals surface area contributed by atoms with Crippen molar-refractivity contribution < 1.29 is 9.53 Å². The van der Waals surface area contributed by atoms with Gasteiger partial charge in [0.15, 0.2) is 0 Å². The SMILES string of the molecule is CCC1OCCC1CNC(=O)c1cc(NC)ccn1. The summed E-state index contributed by atoms with van der Waals surface area (Å²) in [6, 6.07) is 3.58. The van der Waals surface area contributed by atoms with Crippen LogP contribution in [0.25, 0.3) is 0 Å². The molecule has 19 heavy (non-hydrogen) atoms. The summed E-state index contributed by atoms with van der Waals surface area (Å²) in [5, 5.41) is 5.94. The van der Waals surface area contributed by atoms with Crippen LogP contribution in [0.4, 0.5) is 5.69 Å². The van der Waals surface area contributed by atoms with Gasteiger partial charge in [0, 0.05) is 38.0 Å². The van der Waals surface area contributed by atoms with Gasteiger partial charge in [-0.1, -0.05) is 6.92 Å². The zero-order chi connectivity index (χ0) is 13.7. The molecule has 2 atom stereocenters. The van der Waals surface area contributed by atoms with Crippen molar-refractivity contribution in [2.45, 2.75) is 25.9 Å². The second-order valence-corrected chi connectivity index (χ2v) is 4.76. The van der Waals surface area contributed by atoms with E-state index in [0.717, 1.165) is 25.1 Å². The average molecular weight is 263 g/mol. The molecule has 2 N–H and O–H groups in total. The predicted molar refractivity (Wildman–Crippen MR) is 74.3 cm³/mol. The largest absolute Gasteiger partial charge is 0.388 e. The lowest BCUT2D eigenvalue weighted by Gasteiger charge is -2.17. The Kier molecular flexibility index (Phi) is 4.74. The van der Waals surface area contributed by atoms with Gasteiger partial charge in [-0.2, -0.15) is 0 Å². The molecule has 0 aromatic carbocycles. The van der Waals surface area contributed by atoms with Gasteiger partial charge in [0.25, 0.3) is 5.91 Å². The van der Waals surface area contributed by atoms with E-state index < -0.39 is 0 Å². The molecule has 1 aromatic rings. The van der Waals surface area contributed by atoms with Gasteiger partial charge >= 0.3 is 0 Å². The van der Waals surface area contributed by atoms with Crippen molar-refractivity contribution in [2.24, 2.45) is 5.92 Å². The van der Waals surface area contributed by atoms with E-state index in [-0.39, 0.29) is 12.0 Å². The Bertz CT molecular complexity index is 436. The smallest absolute Gasteiger partial charge is 0.269 e. The second-order valence-electron chi connectivity index (χ2n) is 4.76. The van der Waals surface area contributed by atoms with Crippen LogP contribution < -0.4 is 10.6 Å². The molecule has 1 fully saturated rings. The minimum atomic E-state index is -0.126. The maximum absolute atomic E-state index is 12.0. The first kappa shape index (κ1) is 13.8. The van der Waals surface area contributed by atoms with Gasteiger partial charge in [-0.25, -0.2) is 0 Å². The van der Waals surface area contributed by atoms with E-state index in [0.29, 0.717) is 18.2 Å². The normalized spacial score (nSPS) is 22.2. The van der Waals surface area contributed by atoms with Crippen LogP contribution in [-0.2, 0) is 4.74 Å². The fourth-order valence-corrected chi connectivity index (χ4v) is 2.40. The molecule has 0 aliphatic carbocycles. The van der Waals surface area contributed by atoms with Crippen molar-refractivity contribution in [1.29, 1.82) is 0 Å². The van der Waals surface area contributed by atoms with E-state index in [4.69, 9.17) is 4.74 Å². The van der Waals surface area contributed by atoms with Crippen LogP contribution in [-0.4, -0.2) is 37.2 Å². The summed E-state index contributed by atoms with van der Waals surface area (Å²) in [5.74, 6) is 0.292. The lowest BCUT2D eigenvalue weighted by atomic mass is 10.00. The van der Waals surface area contributed by atoms with E-state index in [2.05, 4.69) is 22.5 Å². The minimum absolute atomic E-state index is 0.126. The van der Waals surface area contributed by atoms with E-state index >= 15 is 0 Å². The number of nitrogens with one attached hydrogen (secondary N) is 2. The van der Waals surface area contributed by atoms with Crippen LogP contribution in [0.2, 0.25) is 0 Å². The molecular formula is C14H21N3O2. The first-order chi connectivity index (χ1) is 9.24. The number of hydrogen-bond donors (Lipinski definition) is 2. The van der Waals surface area contributed by atoms with Crippen LogP contribution in [0.5, 0.6) is 0 Å². The van der Waals surface area contributed by atoms with Gasteiger partial charge in [-0.3, -0.25) is 9.78 Å². The third-order valence-electron chi connectivity index (χ3n) is 3.55. The van der Waals surface area contributed by atoms with Crippen molar-refractivity contribution in [3.63, 3.8) is 0 Å². The van der Waals surface area contributed by atoms with Crippen molar-refractivity contribution in [3.8, 4) is 0 Å². The number of aromatic nitrogens is 1. The topological polar surface area (TPSA) is 63.2 Å². The molecule has 0 bridgehead atoms. The third-order valence-corrected chi connectivity index (χ3v) is 3.55. The monoisotopic (exact) mass is 263 g/mol. The minimum Gasteiger partial charge on any atom is -0.388 e. The Morgan fingerprint density at radius 3 is 3.16 bits per heavy atom. The highest BCUT2D eigenvalue weighted by molar-refractivity contribution is 5.93. The molecular weight excluding hydrogens is 242 g/mol. The van der Waals surface area contributed by atoms with Gasteiger partial charge in [-0.15, -0.1) is 0 Å². The quantitative estimate of drug-likeness (QED) is 0.848. The highest BCUT2D eigenvalue weighted by Gasteiger charge is 2.27. The van der Waals surface area contributed by atoms with E-state index in [1.807, 2.05) is 13.1 Å². The molecule has 5 nitrogen and oxygen atoms in total. The maximum atomic E-state index is 12.0. The zero-order valence-corrected chi connectivity index (χ0v) is 11.5. The van der Waals surface area contributed by atoms with Crippen LogP contribution >= 0.6 is 0 Å². The van der Waals surface area contributed by atoms with Crippen LogP contribution in [0, 0.1) is 5.92 Å². The zero-order valence-electron chi connectivity index (χ0n) is 11.5. The molecule has 0 radical (unpaired) electrons. The molecule has 1 amide bonds. The number of ether oxygens (including phenoxy) is 1. The number of carbonyl (C=O) groups is 1. The molecule has 2 rings (SSSR count). The number of rotatable bonds is 5. The lowest BCUT2D eigenvalue weighted by molar-refractivity contribution is 0.0825. The fourth-order valence-electron chi connectivity index (χ4n) is 2.40. The van der Waals surface area contributed by atoms with Gasteiger partial charge in [-0.05, 0) is 25.0 Å². The molecule has 104 valence electrons. The fraction of sp³-hybridized carbons (Fsp3) is 0.571. The summed E-state index contributed by atoms with van der Waals surface area (Å²) in [5.41, 5.74) is 1.33. The standard InChI is InChI=1S/C14H21N3O2/c1-3-13-10(5-7-19-13)9-17-14(18)12-8-11(15-2)4-6-16-12/h4,6,8,10,13H,3,5,7,9H2,1-2H3,(H,15,16)(H,17,18). The van der Waals surface area contributed by atoms with Gasteiger partial charge in [0.1, 0.15) is 5.69 Å². The molecule has 1 saturated heterocycles. The van der Waals surface area contributed by atoms with E-state index in [1.165, 1.54) is 0 Å². The Labute approximate surface area is 113 Å². The highest BCUT2D eigenvalue weighted by Crippen LogP contribution is 2.22. The molecule has 0 spiro atoms. The van der Waals surface area contributed by atoms with E-state index in [1.54, 1.807) is 12.3 Å². The molecule has 2 unspecified atom stereocenters. The Balaban J connectivity index is 1.90. The van der Waals surface area contributed by atoms with Crippen LogP contribution in [0.1, 0.15) is 30.3 Å². The molecule has 1 aliphatic rings. The molecule has 1 aromatic heterocycles. The first-order valence-corrected chi connectivity index (χ1v) is 6.78. The average Bonchev–Trinajstić information content (AvgIpc) is 2.92. The summed E-state index contributed by atoms with van der Waals surface area (Å²) in [4.78, 5) is 16.1. The molecule has 2 heterocycles. The Morgan fingerprint density at radius 2 is 2.42 bits per heavy atom. The molecule has 1 aliphatic heterocycles. The van der Waals surface area contributed by atoms with Gasteiger partial charge in [0.2, 0.25) is 0 Å². The molecule has 0 saturated carbocycles. The summed E-state index contributed by atoms with van der Waals surface area (Å²) in [6.45, 7) is 3.57. The number of anilines is 1. The summed E-state index contributed by atoms with van der Waals surface area (Å²) >= 11 is 0. The van der Waals surface area contributed by atoms with Crippen LogP contribution in [0.15, 0.2) is 18.3 Å². The van der Waals surface area contributed by atoms with Crippen molar-refractivity contribution in [3.05, 3.63) is 24.0 Å². The first-order valence-electron chi connectivity index (χ1n) is 6.78. The third kappa shape index (κ3) is 3.44. The second kappa shape index (κ2) is 6.52. The molecule has 5 heteroatoms. The van der Waals surface area contributed by atoms with Crippen molar-refractivity contribution in [1.82, 2.24) is 10.3 Å². The number of pyridine rings is 1. The van der Waals surface area contributed by atoms with Gasteiger partial charge in [0.05, 0.1) is 6.10 Å². The van der Waals surface area contributed by atoms with E-state index in [9.17, 15) is 4.79 Å². The van der Waals surface area contributed by atoms with Crippen LogP contribution in [0.3, 0.4) is 0 Å². The maximum Gasteiger partial charge on any atom is 0.269 e.